The highest BCUT2D eigenvalue weighted by Gasteiger charge is 2.04. The summed E-state index contributed by atoms with van der Waals surface area (Å²) < 4.78 is 8.25. The van der Waals surface area contributed by atoms with E-state index >= 15 is 0 Å². The van der Waals surface area contributed by atoms with E-state index < -0.39 is 0 Å². The van der Waals surface area contributed by atoms with Gasteiger partial charge in [0.05, 0.1) is 17.5 Å². The van der Waals surface area contributed by atoms with Crippen molar-refractivity contribution in [2.75, 3.05) is 30.0 Å². The third-order valence-electron chi connectivity index (χ3n) is 1.96. The molecular weight excluding hydrogens is 258 g/mol. The normalized spacial score (nSPS) is 10.4. The van der Waals surface area contributed by atoms with Crippen molar-refractivity contribution in [3.05, 3.63) is 12.2 Å². The Morgan fingerprint density at radius 2 is 2.29 bits per heavy atom. The first-order valence-electron chi connectivity index (χ1n) is 5.06. The third-order valence-corrected chi connectivity index (χ3v) is 3.44. The first kappa shape index (κ1) is 12.1. The van der Waals surface area contributed by atoms with E-state index in [1.165, 1.54) is 11.7 Å². The van der Waals surface area contributed by atoms with Crippen LogP contribution >= 0.6 is 23.5 Å². The number of hydrogen-bond donors (Lipinski definition) is 3. The smallest absolute Gasteiger partial charge is 0.184 e. The maximum absolute atomic E-state index is 4.15. The van der Waals surface area contributed by atoms with Crippen molar-refractivity contribution < 1.29 is 0 Å². The van der Waals surface area contributed by atoms with Crippen molar-refractivity contribution in [1.29, 1.82) is 0 Å². The molecule has 17 heavy (non-hydrogen) atoms. The molecule has 2 aromatic heterocycles. The van der Waals surface area contributed by atoms with Crippen LogP contribution in [0.25, 0.3) is 0 Å². The summed E-state index contributed by atoms with van der Waals surface area (Å²) >= 11 is 2.97. The molecule has 0 saturated heterocycles. The highest BCUT2D eigenvalue weighted by Crippen LogP contribution is 2.17. The third kappa shape index (κ3) is 3.56. The molecule has 0 saturated carbocycles. The molecule has 0 aliphatic carbocycles. The van der Waals surface area contributed by atoms with Gasteiger partial charge in [-0.15, -0.1) is 0 Å². The maximum atomic E-state index is 4.15. The second-order valence-corrected chi connectivity index (χ2v) is 4.74. The van der Waals surface area contributed by atoms with E-state index in [1.54, 1.807) is 18.1 Å². The van der Waals surface area contributed by atoms with Crippen LogP contribution < -0.4 is 10.6 Å². The second-order valence-electron chi connectivity index (χ2n) is 3.11. The first-order valence-corrected chi connectivity index (χ1v) is 6.95. The van der Waals surface area contributed by atoms with Gasteiger partial charge in [0.1, 0.15) is 6.33 Å². The predicted molar refractivity (Wildman–Crippen MR) is 70.5 cm³/mol. The molecule has 0 spiro atoms. The monoisotopic (exact) mass is 271 g/mol. The lowest BCUT2D eigenvalue weighted by atomic mass is 10.6. The number of nitrogens with one attached hydrogen (secondary N) is 3. The van der Waals surface area contributed by atoms with Crippen LogP contribution in [-0.2, 0) is 5.75 Å². The van der Waals surface area contributed by atoms with Gasteiger partial charge < -0.3 is 10.6 Å². The number of nitrogens with zero attached hydrogens (tertiary/aromatic N) is 4. The van der Waals surface area contributed by atoms with Gasteiger partial charge in [-0.1, -0.05) is 0 Å². The van der Waals surface area contributed by atoms with E-state index in [9.17, 15) is 0 Å². The van der Waals surface area contributed by atoms with Gasteiger partial charge in [0.15, 0.2) is 17.5 Å². The first-order chi connectivity index (χ1) is 8.40. The minimum Gasteiger partial charge on any atom is -0.369 e. The van der Waals surface area contributed by atoms with Crippen LogP contribution in [0.2, 0.25) is 0 Å². The number of aromatic nitrogens is 5. The minimum atomic E-state index is 0.800. The van der Waals surface area contributed by atoms with Gasteiger partial charge in [0, 0.05) is 19.3 Å². The Labute approximate surface area is 107 Å². The predicted octanol–water partition coefficient (Wildman–Crippen LogP) is 1.04. The number of thioether (sulfide) groups is 1. The minimum absolute atomic E-state index is 0.800. The standard InChI is InChI=1S/C8H13N7S2/c1-9-7-8(15-17-14-7)10-2-3-16-4-6-11-5-12-13-6/h5H,2-4H2,1H3,(H,9,14)(H,10,15)(H,11,12,13). The summed E-state index contributed by atoms with van der Waals surface area (Å²) in [5, 5.41) is 12.9. The van der Waals surface area contributed by atoms with Crippen molar-refractivity contribution in [3.63, 3.8) is 0 Å². The summed E-state index contributed by atoms with van der Waals surface area (Å²) in [6.45, 7) is 0.842. The van der Waals surface area contributed by atoms with Gasteiger partial charge >= 0.3 is 0 Å². The number of aromatic amines is 1. The fraction of sp³-hybridized carbons (Fsp3) is 0.500. The highest BCUT2D eigenvalue weighted by molar-refractivity contribution is 7.98. The lowest BCUT2D eigenvalue weighted by Crippen LogP contribution is -2.06. The van der Waals surface area contributed by atoms with E-state index in [2.05, 4.69) is 34.6 Å². The van der Waals surface area contributed by atoms with E-state index in [4.69, 9.17) is 0 Å². The zero-order valence-electron chi connectivity index (χ0n) is 9.30. The molecule has 0 aliphatic heterocycles. The Morgan fingerprint density at radius 1 is 1.41 bits per heavy atom. The van der Waals surface area contributed by atoms with Gasteiger partial charge in [0.25, 0.3) is 0 Å². The largest absolute Gasteiger partial charge is 0.369 e. The average molecular weight is 271 g/mol. The van der Waals surface area contributed by atoms with E-state index in [1.807, 2.05) is 7.05 Å². The summed E-state index contributed by atoms with van der Waals surface area (Å²) in [5.74, 6) is 4.24. The molecule has 0 bridgehead atoms. The molecule has 3 N–H and O–H groups in total. The van der Waals surface area contributed by atoms with Crippen LogP contribution in [0.5, 0.6) is 0 Å². The molecule has 0 amide bonds. The molecule has 0 radical (unpaired) electrons. The molecule has 2 rings (SSSR count). The molecule has 0 aliphatic rings. The Balaban J connectivity index is 1.63. The molecule has 7 nitrogen and oxygen atoms in total. The average Bonchev–Trinajstić information content (AvgIpc) is 2.98. The molecule has 92 valence electrons. The lowest BCUT2D eigenvalue weighted by molar-refractivity contribution is 1.02. The van der Waals surface area contributed by atoms with Gasteiger partial charge in [-0.3, -0.25) is 5.10 Å². The van der Waals surface area contributed by atoms with Crippen LogP contribution in [0.4, 0.5) is 11.6 Å². The van der Waals surface area contributed by atoms with Crippen molar-refractivity contribution in [2.45, 2.75) is 5.75 Å². The summed E-state index contributed by atoms with van der Waals surface area (Å²) in [5.41, 5.74) is 0. The van der Waals surface area contributed by atoms with Gasteiger partial charge in [-0.2, -0.15) is 25.6 Å². The van der Waals surface area contributed by atoms with Crippen LogP contribution in [0, 0.1) is 0 Å². The summed E-state index contributed by atoms with van der Waals surface area (Å²) in [6, 6.07) is 0. The van der Waals surface area contributed by atoms with E-state index in [-0.39, 0.29) is 0 Å². The van der Waals surface area contributed by atoms with Crippen molar-refractivity contribution in [3.8, 4) is 0 Å². The maximum Gasteiger partial charge on any atom is 0.184 e. The molecule has 0 fully saturated rings. The molecular formula is C8H13N7S2. The number of H-pyrrole nitrogens is 1. The van der Waals surface area contributed by atoms with Crippen molar-refractivity contribution in [1.82, 2.24) is 23.9 Å². The fourth-order valence-corrected chi connectivity index (χ4v) is 2.42. The molecule has 0 aromatic carbocycles. The Kier molecular flexibility index (Phi) is 4.56. The molecule has 2 heterocycles. The summed E-state index contributed by atoms with van der Waals surface area (Å²) in [4.78, 5) is 4.05. The van der Waals surface area contributed by atoms with Crippen LogP contribution in [-0.4, -0.2) is 43.3 Å². The highest BCUT2D eigenvalue weighted by atomic mass is 32.2. The SMILES string of the molecule is CNc1nsnc1NCCSCc1nc[nH]n1. The number of rotatable bonds is 7. The zero-order valence-corrected chi connectivity index (χ0v) is 10.9. The van der Waals surface area contributed by atoms with Gasteiger partial charge in [-0.05, 0) is 0 Å². The Hall–Kier alpha value is -1.35. The summed E-state index contributed by atoms with van der Waals surface area (Å²) in [7, 11) is 1.83. The number of anilines is 2. The van der Waals surface area contributed by atoms with E-state index in [0.29, 0.717) is 0 Å². The lowest BCUT2D eigenvalue weighted by Gasteiger charge is -2.03. The van der Waals surface area contributed by atoms with Gasteiger partial charge in [0.2, 0.25) is 0 Å². The second kappa shape index (κ2) is 6.40. The molecule has 0 atom stereocenters. The zero-order chi connectivity index (χ0) is 11.9. The number of hydrogen-bond acceptors (Lipinski definition) is 8. The molecule has 0 unspecified atom stereocenters. The fourth-order valence-electron chi connectivity index (χ4n) is 1.18. The quantitative estimate of drug-likeness (QED) is 0.648. The molecule has 9 heteroatoms. The Bertz CT molecular complexity index is 427. The van der Waals surface area contributed by atoms with Crippen LogP contribution in [0.1, 0.15) is 5.82 Å². The van der Waals surface area contributed by atoms with Crippen LogP contribution in [0.3, 0.4) is 0 Å². The van der Waals surface area contributed by atoms with Crippen molar-refractivity contribution in [2.24, 2.45) is 0 Å². The molecule has 2 aromatic rings. The van der Waals surface area contributed by atoms with Crippen LogP contribution in [0.15, 0.2) is 6.33 Å². The van der Waals surface area contributed by atoms with Crippen molar-refractivity contribution >= 4 is 35.1 Å². The summed E-state index contributed by atoms with van der Waals surface area (Å²) in [6.07, 6.45) is 1.59. The topological polar surface area (TPSA) is 91.4 Å². The Morgan fingerprint density at radius 3 is 3.06 bits per heavy atom. The van der Waals surface area contributed by atoms with E-state index in [0.717, 1.165) is 35.5 Å². The van der Waals surface area contributed by atoms with Gasteiger partial charge in [-0.25, -0.2) is 4.98 Å².